The van der Waals surface area contributed by atoms with Crippen molar-refractivity contribution in [2.24, 2.45) is 0 Å². The van der Waals surface area contributed by atoms with Gasteiger partial charge in [-0.05, 0) is 31.9 Å². The maximum absolute atomic E-state index is 13.1. The lowest BCUT2D eigenvalue weighted by atomic mass is 9.98. The maximum Gasteiger partial charge on any atom is 0.254 e. The number of hydrogen-bond donors (Lipinski definition) is 0. The second-order valence-corrected chi connectivity index (χ2v) is 7.38. The molecule has 1 aliphatic heterocycles. The predicted octanol–water partition coefficient (Wildman–Crippen LogP) is 2.89. The first-order valence-electron chi connectivity index (χ1n) is 8.46. The molecule has 7 nitrogen and oxygen atoms in total. The highest BCUT2D eigenvalue weighted by Crippen LogP contribution is 2.39. The van der Waals surface area contributed by atoms with Gasteiger partial charge in [-0.25, -0.2) is 0 Å². The highest BCUT2D eigenvalue weighted by atomic mass is 32.1. The lowest BCUT2D eigenvalue weighted by molar-refractivity contribution is 0.0706. The van der Waals surface area contributed by atoms with Crippen molar-refractivity contribution in [2.75, 3.05) is 34.4 Å². The summed E-state index contributed by atoms with van der Waals surface area (Å²) in [6.45, 7) is 3.32. The van der Waals surface area contributed by atoms with Gasteiger partial charge in [-0.3, -0.25) is 4.79 Å². The minimum Gasteiger partial charge on any atom is -0.493 e. The molecule has 1 aliphatic rings. The van der Waals surface area contributed by atoms with Crippen LogP contribution in [0.2, 0.25) is 0 Å². The standard InChI is InChI=1S/C18H23N3O4S/c1-11-19-20-17(26-11)12-6-5-7-21(10-12)18(22)13-8-14(23-2)16(25-4)15(9-13)24-3/h8-9,12H,5-7,10H2,1-4H3/t12-/m1/s1. The molecule has 0 unspecified atom stereocenters. The molecule has 2 aromatic rings. The van der Waals surface area contributed by atoms with Gasteiger partial charge >= 0.3 is 0 Å². The molecule has 8 heteroatoms. The Hall–Kier alpha value is -2.35. The highest BCUT2D eigenvalue weighted by Gasteiger charge is 2.28. The Kier molecular flexibility index (Phi) is 5.61. The number of piperidine rings is 1. The molecule has 3 rings (SSSR count). The third kappa shape index (κ3) is 3.60. The molecule has 0 bridgehead atoms. The summed E-state index contributed by atoms with van der Waals surface area (Å²) in [4.78, 5) is 14.9. The summed E-state index contributed by atoms with van der Waals surface area (Å²) in [6.07, 6.45) is 1.97. The summed E-state index contributed by atoms with van der Waals surface area (Å²) in [5.41, 5.74) is 0.522. The van der Waals surface area contributed by atoms with E-state index in [1.807, 2.05) is 11.8 Å². The van der Waals surface area contributed by atoms with E-state index in [1.54, 1.807) is 44.8 Å². The van der Waals surface area contributed by atoms with Crippen molar-refractivity contribution < 1.29 is 19.0 Å². The largest absolute Gasteiger partial charge is 0.493 e. The summed E-state index contributed by atoms with van der Waals surface area (Å²) >= 11 is 1.60. The molecule has 1 atom stereocenters. The first kappa shape index (κ1) is 18.4. The molecular formula is C18H23N3O4S. The van der Waals surface area contributed by atoms with Crippen molar-refractivity contribution in [3.05, 3.63) is 27.7 Å². The number of rotatable bonds is 5. The number of benzene rings is 1. The average Bonchev–Trinajstić information content (AvgIpc) is 3.12. The van der Waals surface area contributed by atoms with Gasteiger partial charge in [0.05, 0.1) is 21.3 Å². The Balaban J connectivity index is 1.84. The Labute approximate surface area is 156 Å². The molecular weight excluding hydrogens is 354 g/mol. The average molecular weight is 377 g/mol. The van der Waals surface area contributed by atoms with Gasteiger partial charge in [-0.1, -0.05) is 0 Å². The smallest absolute Gasteiger partial charge is 0.254 e. The van der Waals surface area contributed by atoms with Crippen molar-refractivity contribution >= 4 is 17.2 Å². The number of methoxy groups -OCH3 is 3. The SMILES string of the molecule is COc1cc(C(=O)N2CCC[C@@H](c3nnc(C)s3)C2)cc(OC)c1OC. The van der Waals surface area contributed by atoms with Crippen LogP contribution >= 0.6 is 11.3 Å². The van der Waals surface area contributed by atoms with E-state index in [4.69, 9.17) is 14.2 Å². The molecule has 0 spiro atoms. The molecule has 26 heavy (non-hydrogen) atoms. The minimum atomic E-state index is -0.0461. The number of amides is 1. The second kappa shape index (κ2) is 7.90. The van der Waals surface area contributed by atoms with Crippen LogP contribution in [0, 0.1) is 6.92 Å². The molecule has 0 radical (unpaired) electrons. The molecule has 1 aromatic carbocycles. The van der Waals surface area contributed by atoms with Crippen molar-refractivity contribution in [1.82, 2.24) is 15.1 Å². The monoisotopic (exact) mass is 377 g/mol. The molecule has 1 saturated heterocycles. The number of aromatic nitrogens is 2. The van der Waals surface area contributed by atoms with Gasteiger partial charge in [0, 0.05) is 24.6 Å². The van der Waals surface area contributed by atoms with Gasteiger partial charge in [0.2, 0.25) is 5.75 Å². The van der Waals surface area contributed by atoms with E-state index in [-0.39, 0.29) is 11.8 Å². The molecule has 0 saturated carbocycles. The highest BCUT2D eigenvalue weighted by molar-refractivity contribution is 7.11. The van der Waals surface area contributed by atoms with Crippen LogP contribution in [0.25, 0.3) is 0 Å². The normalized spacial score (nSPS) is 17.1. The fourth-order valence-corrected chi connectivity index (χ4v) is 4.05. The number of ether oxygens (including phenoxy) is 3. The third-order valence-electron chi connectivity index (χ3n) is 4.51. The zero-order valence-electron chi connectivity index (χ0n) is 15.4. The Morgan fingerprint density at radius 2 is 1.85 bits per heavy atom. The van der Waals surface area contributed by atoms with Crippen molar-refractivity contribution in [3.8, 4) is 17.2 Å². The van der Waals surface area contributed by atoms with E-state index >= 15 is 0 Å². The summed E-state index contributed by atoms with van der Waals surface area (Å²) < 4.78 is 16.0. The van der Waals surface area contributed by atoms with Gasteiger partial charge in [-0.15, -0.1) is 21.5 Å². The van der Waals surface area contributed by atoms with Crippen molar-refractivity contribution in [3.63, 3.8) is 0 Å². The zero-order chi connectivity index (χ0) is 18.7. The predicted molar refractivity (Wildman–Crippen MR) is 98.6 cm³/mol. The van der Waals surface area contributed by atoms with Crippen LogP contribution in [0.15, 0.2) is 12.1 Å². The van der Waals surface area contributed by atoms with Gasteiger partial charge in [0.25, 0.3) is 5.91 Å². The first-order chi connectivity index (χ1) is 12.6. The quantitative estimate of drug-likeness (QED) is 0.798. The van der Waals surface area contributed by atoms with Gasteiger partial charge in [-0.2, -0.15) is 0 Å². The van der Waals surface area contributed by atoms with Crippen LogP contribution in [0.1, 0.15) is 39.1 Å². The van der Waals surface area contributed by atoms with E-state index in [2.05, 4.69) is 10.2 Å². The molecule has 140 valence electrons. The molecule has 0 N–H and O–H groups in total. The summed E-state index contributed by atoms with van der Waals surface area (Å²) in [6, 6.07) is 3.39. The van der Waals surface area contributed by atoms with E-state index in [0.717, 1.165) is 29.4 Å². The molecule has 1 fully saturated rings. The van der Waals surface area contributed by atoms with E-state index < -0.39 is 0 Å². The van der Waals surface area contributed by atoms with Crippen LogP contribution in [0.3, 0.4) is 0 Å². The molecule has 1 amide bonds. The molecule has 1 aromatic heterocycles. The minimum absolute atomic E-state index is 0.0461. The Morgan fingerprint density at radius 3 is 2.38 bits per heavy atom. The number of carbonyl (C=O) groups excluding carboxylic acids is 1. The van der Waals surface area contributed by atoms with Crippen LogP contribution < -0.4 is 14.2 Å². The summed E-state index contributed by atoms with van der Waals surface area (Å²) in [7, 11) is 4.63. The van der Waals surface area contributed by atoms with E-state index in [0.29, 0.717) is 29.4 Å². The number of hydrogen-bond acceptors (Lipinski definition) is 7. The Morgan fingerprint density at radius 1 is 1.15 bits per heavy atom. The number of likely N-dealkylation sites (tertiary alicyclic amines) is 1. The Bertz CT molecular complexity index is 767. The van der Waals surface area contributed by atoms with Crippen LogP contribution in [-0.4, -0.2) is 55.4 Å². The summed E-state index contributed by atoms with van der Waals surface area (Å²) in [5, 5.41) is 10.3. The lowest BCUT2D eigenvalue weighted by Gasteiger charge is -2.32. The first-order valence-corrected chi connectivity index (χ1v) is 9.28. The van der Waals surface area contributed by atoms with E-state index in [9.17, 15) is 4.79 Å². The second-order valence-electron chi connectivity index (χ2n) is 6.16. The summed E-state index contributed by atoms with van der Waals surface area (Å²) in [5.74, 6) is 1.62. The number of nitrogens with zero attached hydrogens (tertiary/aromatic N) is 3. The van der Waals surface area contributed by atoms with Crippen molar-refractivity contribution in [2.45, 2.75) is 25.7 Å². The molecule has 0 aliphatic carbocycles. The van der Waals surface area contributed by atoms with Crippen LogP contribution in [-0.2, 0) is 0 Å². The lowest BCUT2D eigenvalue weighted by Crippen LogP contribution is -2.39. The fraction of sp³-hybridized carbons (Fsp3) is 0.500. The fourth-order valence-electron chi connectivity index (χ4n) is 3.23. The van der Waals surface area contributed by atoms with Crippen molar-refractivity contribution in [1.29, 1.82) is 0 Å². The number of aryl methyl sites for hydroxylation is 1. The number of carbonyl (C=O) groups is 1. The maximum atomic E-state index is 13.1. The van der Waals surface area contributed by atoms with Gasteiger partial charge in [0.1, 0.15) is 10.0 Å². The van der Waals surface area contributed by atoms with Crippen LogP contribution in [0.5, 0.6) is 17.2 Å². The van der Waals surface area contributed by atoms with E-state index in [1.165, 1.54) is 0 Å². The topological polar surface area (TPSA) is 73.8 Å². The molecule has 2 heterocycles. The van der Waals surface area contributed by atoms with Gasteiger partial charge in [0.15, 0.2) is 11.5 Å². The van der Waals surface area contributed by atoms with Crippen LogP contribution in [0.4, 0.5) is 0 Å². The zero-order valence-corrected chi connectivity index (χ0v) is 16.3. The van der Waals surface area contributed by atoms with Gasteiger partial charge < -0.3 is 19.1 Å². The third-order valence-corrected chi connectivity index (χ3v) is 5.51.